The summed E-state index contributed by atoms with van der Waals surface area (Å²) in [5.41, 5.74) is 4.89. The lowest BCUT2D eigenvalue weighted by atomic mass is 9.99. The molecule has 0 saturated heterocycles. The van der Waals surface area contributed by atoms with Crippen molar-refractivity contribution in [3.8, 4) is 5.75 Å². The molecule has 1 heterocycles. The number of hydrogen-bond acceptors (Lipinski definition) is 2. The molecule has 0 N–H and O–H groups in total. The van der Waals surface area contributed by atoms with Gasteiger partial charge in [0, 0.05) is 13.1 Å². The molecule has 3 nitrogen and oxygen atoms in total. The molecule has 24 heavy (non-hydrogen) atoms. The highest BCUT2D eigenvalue weighted by Crippen LogP contribution is 2.24. The predicted octanol–water partition coefficient (Wildman–Crippen LogP) is 4.05. The summed E-state index contributed by atoms with van der Waals surface area (Å²) in [5, 5.41) is 0. The van der Waals surface area contributed by atoms with Crippen molar-refractivity contribution >= 4 is 5.91 Å². The van der Waals surface area contributed by atoms with Crippen molar-refractivity contribution in [1.82, 2.24) is 4.90 Å². The summed E-state index contributed by atoms with van der Waals surface area (Å²) in [6, 6.07) is 14.4. The van der Waals surface area contributed by atoms with Gasteiger partial charge in [0.15, 0.2) is 6.10 Å². The molecular formula is C21H25NO2. The molecule has 3 heteroatoms. The normalized spacial score (nSPS) is 14.9. The fraction of sp³-hybridized carbons (Fsp3) is 0.381. The lowest BCUT2D eigenvalue weighted by Crippen LogP contribution is -2.44. The molecule has 1 aliphatic heterocycles. The molecule has 0 radical (unpaired) electrons. The summed E-state index contributed by atoms with van der Waals surface area (Å²) in [5.74, 6) is 0.903. The van der Waals surface area contributed by atoms with Gasteiger partial charge in [-0.25, -0.2) is 0 Å². The Balaban J connectivity index is 1.74. The third kappa shape index (κ3) is 3.30. The number of aryl methyl sites for hydroxylation is 1. The monoisotopic (exact) mass is 323 g/mol. The van der Waals surface area contributed by atoms with Crippen LogP contribution in [0.5, 0.6) is 5.75 Å². The van der Waals surface area contributed by atoms with Crippen LogP contribution in [0, 0.1) is 13.8 Å². The molecule has 1 aliphatic rings. The van der Waals surface area contributed by atoms with Crippen molar-refractivity contribution in [2.24, 2.45) is 0 Å². The number of amides is 1. The molecule has 0 bridgehead atoms. The Morgan fingerprint density at radius 3 is 2.62 bits per heavy atom. The molecule has 0 aromatic heterocycles. The number of ether oxygens (including phenoxy) is 1. The van der Waals surface area contributed by atoms with Crippen molar-refractivity contribution in [2.75, 3.05) is 6.54 Å². The number of benzene rings is 2. The van der Waals surface area contributed by atoms with Crippen LogP contribution in [-0.2, 0) is 17.8 Å². The molecule has 2 aromatic rings. The predicted molar refractivity (Wildman–Crippen MR) is 96.2 cm³/mol. The van der Waals surface area contributed by atoms with Crippen LogP contribution in [0.25, 0.3) is 0 Å². The van der Waals surface area contributed by atoms with Crippen LogP contribution < -0.4 is 4.74 Å². The molecule has 3 rings (SSSR count). The average Bonchev–Trinajstić information content (AvgIpc) is 2.62. The number of rotatable bonds is 4. The van der Waals surface area contributed by atoms with E-state index >= 15 is 0 Å². The van der Waals surface area contributed by atoms with E-state index in [1.54, 1.807) is 0 Å². The highest BCUT2D eigenvalue weighted by molar-refractivity contribution is 5.81. The van der Waals surface area contributed by atoms with Gasteiger partial charge in [-0.3, -0.25) is 4.79 Å². The lowest BCUT2D eigenvalue weighted by molar-refractivity contribution is -0.139. The molecule has 126 valence electrons. The van der Waals surface area contributed by atoms with Crippen molar-refractivity contribution in [2.45, 2.75) is 46.3 Å². The van der Waals surface area contributed by atoms with Crippen LogP contribution in [0.4, 0.5) is 0 Å². The van der Waals surface area contributed by atoms with Gasteiger partial charge in [-0.1, -0.05) is 43.3 Å². The second-order valence-electron chi connectivity index (χ2n) is 6.49. The summed E-state index contributed by atoms with van der Waals surface area (Å²) in [6.07, 6.45) is 1.17. The fourth-order valence-corrected chi connectivity index (χ4v) is 3.20. The minimum atomic E-state index is -0.421. The number of nitrogens with zero attached hydrogens (tertiary/aromatic N) is 1. The first-order valence-corrected chi connectivity index (χ1v) is 8.68. The Morgan fingerprint density at radius 1 is 1.12 bits per heavy atom. The molecule has 0 unspecified atom stereocenters. The Morgan fingerprint density at radius 2 is 1.88 bits per heavy atom. The third-order valence-corrected chi connectivity index (χ3v) is 4.91. The Labute approximate surface area is 144 Å². The molecule has 0 spiro atoms. The molecule has 1 atom stereocenters. The van der Waals surface area contributed by atoms with E-state index in [0.717, 1.165) is 24.3 Å². The fourth-order valence-electron chi connectivity index (χ4n) is 3.20. The van der Waals surface area contributed by atoms with Gasteiger partial charge in [0.1, 0.15) is 5.75 Å². The van der Waals surface area contributed by atoms with Crippen molar-refractivity contribution in [1.29, 1.82) is 0 Å². The smallest absolute Gasteiger partial charge is 0.263 e. The van der Waals surface area contributed by atoms with E-state index in [2.05, 4.69) is 31.2 Å². The van der Waals surface area contributed by atoms with Gasteiger partial charge in [-0.15, -0.1) is 0 Å². The minimum Gasteiger partial charge on any atom is -0.480 e. The Kier molecular flexibility index (Phi) is 4.89. The maximum Gasteiger partial charge on any atom is 0.263 e. The molecule has 1 amide bonds. The van der Waals surface area contributed by atoms with Crippen molar-refractivity contribution in [3.05, 3.63) is 64.7 Å². The summed E-state index contributed by atoms with van der Waals surface area (Å²) >= 11 is 0. The molecular weight excluding hydrogens is 298 g/mol. The zero-order valence-corrected chi connectivity index (χ0v) is 14.7. The van der Waals surface area contributed by atoms with E-state index in [-0.39, 0.29) is 5.91 Å². The van der Waals surface area contributed by atoms with Gasteiger partial charge < -0.3 is 9.64 Å². The zero-order valence-electron chi connectivity index (χ0n) is 14.7. The van der Waals surface area contributed by atoms with Crippen LogP contribution in [0.1, 0.15) is 35.6 Å². The first-order valence-electron chi connectivity index (χ1n) is 8.68. The van der Waals surface area contributed by atoms with Gasteiger partial charge in [0.05, 0.1) is 0 Å². The quantitative estimate of drug-likeness (QED) is 0.849. The standard InChI is InChI=1S/C21H25NO2/c1-4-19(24-20-11-7-8-15(2)16(20)3)21(23)22-13-12-17-9-5-6-10-18(17)14-22/h5-11,19H,4,12-14H2,1-3H3/t19-/m0/s1. The molecule has 0 aliphatic carbocycles. The van der Waals surface area contributed by atoms with Crippen LogP contribution >= 0.6 is 0 Å². The van der Waals surface area contributed by atoms with Gasteiger partial charge in [-0.05, 0) is 55.0 Å². The lowest BCUT2D eigenvalue weighted by Gasteiger charge is -2.32. The molecule has 2 aromatic carbocycles. The number of carbonyl (C=O) groups excluding carboxylic acids is 1. The van der Waals surface area contributed by atoms with E-state index in [4.69, 9.17) is 4.74 Å². The van der Waals surface area contributed by atoms with Gasteiger partial charge >= 0.3 is 0 Å². The van der Waals surface area contributed by atoms with Gasteiger partial charge in [-0.2, -0.15) is 0 Å². The van der Waals surface area contributed by atoms with E-state index in [9.17, 15) is 4.79 Å². The Hall–Kier alpha value is -2.29. The van der Waals surface area contributed by atoms with Crippen LogP contribution in [0.3, 0.4) is 0 Å². The summed E-state index contributed by atoms with van der Waals surface area (Å²) < 4.78 is 6.09. The van der Waals surface area contributed by atoms with E-state index in [1.807, 2.05) is 36.9 Å². The van der Waals surface area contributed by atoms with E-state index in [1.165, 1.54) is 16.7 Å². The minimum absolute atomic E-state index is 0.0907. The highest BCUT2D eigenvalue weighted by Gasteiger charge is 2.27. The molecule has 0 saturated carbocycles. The second-order valence-corrected chi connectivity index (χ2v) is 6.49. The summed E-state index contributed by atoms with van der Waals surface area (Å²) in [6.45, 7) is 7.56. The zero-order chi connectivity index (χ0) is 17.1. The van der Waals surface area contributed by atoms with Crippen molar-refractivity contribution in [3.63, 3.8) is 0 Å². The van der Waals surface area contributed by atoms with Gasteiger partial charge in [0.25, 0.3) is 5.91 Å². The van der Waals surface area contributed by atoms with E-state index in [0.29, 0.717) is 13.0 Å². The van der Waals surface area contributed by atoms with Gasteiger partial charge in [0.2, 0.25) is 0 Å². The Bertz CT molecular complexity index is 738. The average molecular weight is 323 g/mol. The highest BCUT2D eigenvalue weighted by atomic mass is 16.5. The van der Waals surface area contributed by atoms with E-state index < -0.39 is 6.10 Å². The SMILES string of the molecule is CC[C@H](Oc1cccc(C)c1C)C(=O)N1CCc2ccccc2C1. The number of hydrogen-bond donors (Lipinski definition) is 0. The largest absolute Gasteiger partial charge is 0.480 e. The summed E-state index contributed by atoms with van der Waals surface area (Å²) in [4.78, 5) is 14.9. The third-order valence-electron chi connectivity index (χ3n) is 4.91. The van der Waals surface area contributed by atoms with Crippen LogP contribution in [-0.4, -0.2) is 23.5 Å². The first-order chi connectivity index (χ1) is 11.6. The topological polar surface area (TPSA) is 29.5 Å². The number of carbonyl (C=O) groups is 1. The maximum atomic E-state index is 12.9. The van der Waals surface area contributed by atoms with Crippen molar-refractivity contribution < 1.29 is 9.53 Å². The second kappa shape index (κ2) is 7.08. The first kappa shape index (κ1) is 16.6. The van der Waals surface area contributed by atoms with Crippen LogP contribution in [0.2, 0.25) is 0 Å². The maximum absolute atomic E-state index is 12.9. The summed E-state index contributed by atoms with van der Waals surface area (Å²) in [7, 11) is 0. The van der Waals surface area contributed by atoms with Crippen LogP contribution in [0.15, 0.2) is 42.5 Å². The number of fused-ring (bicyclic) bond motifs is 1. The molecule has 0 fully saturated rings.